The van der Waals surface area contributed by atoms with Gasteiger partial charge in [-0.15, -0.1) is 0 Å². The molecule has 0 aromatic heterocycles. The third kappa shape index (κ3) is 1.67. The number of rotatable bonds is 1. The Labute approximate surface area is 75.0 Å². The number of benzene rings is 1. The van der Waals surface area contributed by atoms with E-state index in [0.717, 1.165) is 6.26 Å². The molecule has 0 bridgehead atoms. The van der Waals surface area contributed by atoms with Crippen molar-refractivity contribution in [3.8, 4) is 0 Å². The summed E-state index contributed by atoms with van der Waals surface area (Å²) in [5, 5.41) is 0. The van der Waals surface area contributed by atoms with E-state index >= 15 is 0 Å². The lowest BCUT2D eigenvalue weighted by atomic mass is 10.3. The summed E-state index contributed by atoms with van der Waals surface area (Å²) in [4.78, 5) is -0.524. The van der Waals surface area contributed by atoms with Gasteiger partial charge >= 0.3 is 0 Å². The predicted octanol–water partition coefficient (Wildman–Crippen LogP) is 1.42. The van der Waals surface area contributed by atoms with E-state index in [1.807, 2.05) is 0 Å². The highest BCUT2D eigenvalue weighted by molar-refractivity contribution is 7.84. The second kappa shape index (κ2) is 3.37. The van der Waals surface area contributed by atoms with Gasteiger partial charge in [0.25, 0.3) is 0 Å². The van der Waals surface area contributed by atoms with Crippen LogP contribution >= 0.6 is 0 Å². The van der Waals surface area contributed by atoms with Gasteiger partial charge in [0.05, 0.1) is 15.7 Å². The van der Waals surface area contributed by atoms with Gasteiger partial charge in [-0.25, -0.2) is 13.2 Å². The second-order valence-corrected chi connectivity index (χ2v) is 3.70. The minimum absolute atomic E-state index is 0.524. The van der Waals surface area contributed by atoms with Gasteiger partial charge < -0.3 is 5.73 Å². The molecule has 13 heavy (non-hydrogen) atoms. The van der Waals surface area contributed by atoms with Gasteiger partial charge in [0, 0.05) is 6.26 Å². The number of nitrogen functional groups attached to an aromatic ring is 1. The summed E-state index contributed by atoms with van der Waals surface area (Å²) in [5.74, 6) is -3.96. The van der Waals surface area contributed by atoms with Gasteiger partial charge in [-0.05, 0) is 6.07 Å². The highest BCUT2D eigenvalue weighted by atomic mass is 32.2. The van der Waals surface area contributed by atoms with E-state index in [1.54, 1.807) is 0 Å². The maximum atomic E-state index is 12.9. The van der Waals surface area contributed by atoms with Gasteiger partial charge in [0.1, 0.15) is 5.69 Å². The molecule has 0 fully saturated rings. The van der Waals surface area contributed by atoms with Crippen LogP contribution in [0.25, 0.3) is 0 Å². The lowest BCUT2D eigenvalue weighted by Gasteiger charge is -2.03. The molecular formula is C7H6F3NOS. The Morgan fingerprint density at radius 2 is 1.85 bits per heavy atom. The first-order valence-corrected chi connectivity index (χ1v) is 4.77. The van der Waals surface area contributed by atoms with Gasteiger partial charge in [-0.3, -0.25) is 4.21 Å². The quantitative estimate of drug-likeness (QED) is 0.561. The van der Waals surface area contributed by atoms with Crippen LogP contribution in [-0.4, -0.2) is 10.5 Å². The van der Waals surface area contributed by atoms with E-state index < -0.39 is 38.8 Å². The molecule has 0 aliphatic rings. The van der Waals surface area contributed by atoms with Crippen LogP contribution in [0.1, 0.15) is 0 Å². The molecule has 2 N–H and O–H groups in total. The van der Waals surface area contributed by atoms with Crippen molar-refractivity contribution in [2.75, 3.05) is 12.0 Å². The topological polar surface area (TPSA) is 43.1 Å². The van der Waals surface area contributed by atoms with E-state index in [4.69, 9.17) is 5.73 Å². The van der Waals surface area contributed by atoms with Crippen LogP contribution in [0, 0.1) is 17.5 Å². The maximum absolute atomic E-state index is 12.9. The van der Waals surface area contributed by atoms with E-state index in [9.17, 15) is 17.4 Å². The fourth-order valence-electron chi connectivity index (χ4n) is 0.797. The highest BCUT2D eigenvalue weighted by Crippen LogP contribution is 2.23. The maximum Gasteiger partial charge on any atom is 0.185 e. The number of halogens is 3. The smallest absolute Gasteiger partial charge is 0.185 e. The number of anilines is 1. The molecule has 0 saturated carbocycles. The molecule has 2 nitrogen and oxygen atoms in total. The first-order valence-electron chi connectivity index (χ1n) is 3.21. The van der Waals surface area contributed by atoms with Crippen molar-refractivity contribution in [3.05, 3.63) is 23.5 Å². The third-order valence-corrected chi connectivity index (χ3v) is 2.39. The van der Waals surface area contributed by atoms with Crippen LogP contribution in [0.2, 0.25) is 0 Å². The summed E-state index contributed by atoms with van der Waals surface area (Å²) < 4.78 is 49.1. The number of nitrogens with two attached hydrogens (primary N) is 1. The zero-order valence-corrected chi connectivity index (χ0v) is 7.42. The normalized spacial score (nSPS) is 12.9. The van der Waals surface area contributed by atoms with Crippen molar-refractivity contribution in [2.24, 2.45) is 0 Å². The largest absolute Gasteiger partial charge is 0.394 e. The van der Waals surface area contributed by atoms with Gasteiger partial charge in [-0.1, -0.05) is 0 Å². The molecule has 1 rings (SSSR count). The van der Waals surface area contributed by atoms with Crippen LogP contribution in [0.5, 0.6) is 0 Å². The molecule has 1 unspecified atom stereocenters. The standard InChI is InChI=1S/C7H6F3NOS/c1-13(12)4-2-3(8)7(11)6(10)5(4)9/h2H,11H2,1H3. The Kier molecular flexibility index (Phi) is 2.60. The van der Waals surface area contributed by atoms with E-state index in [2.05, 4.69) is 0 Å². The van der Waals surface area contributed by atoms with Crippen LogP contribution in [0.4, 0.5) is 18.9 Å². The number of hydrogen-bond donors (Lipinski definition) is 1. The van der Waals surface area contributed by atoms with Crippen molar-refractivity contribution in [2.45, 2.75) is 4.90 Å². The van der Waals surface area contributed by atoms with Gasteiger partial charge in [0.2, 0.25) is 0 Å². The molecule has 0 spiro atoms. The Bertz CT molecular complexity index is 380. The Morgan fingerprint density at radius 1 is 1.31 bits per heavy atom. The zero-order valence-electron chi connectivity index (χ0n) is 6.61. The van der Waals surface area contributed by atoms with Crippen LogP contribution in [0.3, 0.4) is 0 Å². The van der Waals surface area contributed by atoms with Crippen LogP contribution in [0.15, 0.2) is 11.0 Å². The average Bonchev–Trinajstić information content (AvgIpc) is 2.07. The molecule has 1 aromatic carbocycles. The SMILES string of the molecule is CS(=O)c1cc(F)c(N)c(F)c1F. The van der Waals surface area contributed by atoms with Gasteiger partial charge in [-0.2, -0.15) is 0 Å². The molecule has 1 aromatic rings. The van der Waals surface area contributed by atoms with Crippen LogP contribution in [-0.2, 0) is 10.8 Å². The fraction of sp³-hybridized carbons (Fsp3) is 0.143. The van der Waals surface area contributed by atoms with Crippen LogP contribution < -0.4 is 5.73 Å². The van der Waals surface area contributed by atoms with E-state index in [0.29, 0.717) is 6.07 Å². The monoisotopic (exact) mass is 209 g/mol. The van der Waals surface area contributed by atoms with Crippen molar-refractivity contribution < 1.29 is 17.4 Å². The summed E-state index contributed by atoms with van der Waals surface area (Å²) >= 11 is 0. The number of hydrogen-bond acceptors (Lipinski definition) is 2. The molecule has 72 valence electrons. The molecule has 1 atom stereocenters. The lowest BCUT2D eigenvalue weighted by molar-refractivity contribution is 0.480. The molecule has 0 saturated heterocycles. The summed E-state index contributed by atoms with van der Waals surface area (Å²) in [6.45, 7) is 0. The van der Waals surface area contributed by atoms with Crippen molar-refractivity contribution in [1.29, 1.82) is 0 Å². The molecular weight excluding hydrogens is 203 g/mol. The Balaban J connectivity index is 3.50. The Morgan fingerprint density at radius 3 is 2.31 bits per heavy atom. The fourth-order valence-corrected chi connectivity index (χ4v) is 1.41. The summed E-state index contributed by atoms with van der Waals surface area (Å²) in [5.41, 5.74) is 3.97. The molecule has 6 heteroatoms. The highest BCUT2D eigenvalue weighted by Gasteiger charge is 2.18. The first-order chi connectivity index (χ1) is 5.95. The predicted molar refractivity (Wildman–Crippen MR) is 43.1 cm³/mol. The van der Waals surface area contributed by atoms with Gasteiger partial charge in [0.15, 0.2) is 17.5 Å². The first kappa shape index (κ1) is 10.0. The third-order valence-electron chi connectivity index (χ3n) is 1.47. The van der Waals surface area contributed by atoms with E-state index in [-0.39, 0.29) is 0 Å². The van der Waals surface area contributed by atoms with Crippen molar-refractivity contribution in [3.63, 3.8) is 0 Å². The molecule has 0 amide bonds. The second-order valence-electron chi connectivity index (χ2n) is 2.35. The van der Waals surface area contributed by atoms with Crippen molar-refractivity contribution in [1.82, 2.24) is 0 Å². The molecule has 0 aliphatic heterocycles. The Hall–Kier alpha value is -1.04. The summed E-state index contributed by atoms with van der Waals surface area (Å²) in [6, 6.07) is 0.629. The van der Waals surface area contributed by atoms with E-state index in [1.165, 1.54) is 0 Å². The minimum atomic E-state index is -1.78. The minimum Gasteiger partial charge on any atom is -0.394 e. The molecule has 0 heterocycles. The molecule has 0 aliphatic carbocycles. The average molecular weight is 209 g/mol. The lowest BCUT2D eigenvalue weighted by Crippen LogP contribution is -2.03. The zero-order chi connectivity index (χ0) is 10.2. The molecule has 0 radical (unpaired) electrons. The summed E-state index contributed by atoms with van der Waals surface area (Å²) in [6.07, 6.45) is 1.12. The summed E-state index contributed by atoms with van der Waals surface area (Å²) in [7, 11) is -1.78. The van der Waals surface area contributed by atoms with Crippen molar-refractivity contribution >= 4 is 16.5 Å².